The van der Waals surface area contributed by atoms with Crippen molar-refractivity contribution in [2.45, 2.75) is 4.90 Å². The van der Waals surface area contributed by atoms with E-state index in [4.69, 9.17) is 4.74 Å². The summed E-state index contributed by atoms with van der Waals surface area (Å²) < 4.78 is 19.9. The molecule has 1 aromatic heterocycles. The number of thioether (sulfide) groups is 1. The summed E-state index contributed by atoms with van der Waals surface area (Å²) in [6, 6.07) is 18.4. The molecular weight excluding hydrogens is 449 g/mol. The van der Waals surface area contributed by atoms with Crippen molar-refractivity contribution in [3.8, 4) is 5.75 Å². The zero-order valence-corrected chi connectivity index (χ0v) is 18.6. The molecule has 0 fully saturated rings. The molecule has 0 bridgehead atoms. The average molecular weight is 468 g/mol. The van der Waals surface area contributed by atoms with E-state index in [-0.39, 0.29) is 17.2 Å². The van der Waals surface area contributed by atoms with E-state index in [9.17, 15) is 14.0 Å². The number of halogens is 1. The van der Waals surface area contributed by atoms with Gasteiger partial charge in [-0.2, -0.15) is 0 Å². The molecule has 4 rings (SSSR count). The van der Waals surface area contributed by atoms with E-state index in [1.165, 1.54) is 41.3 Å². The molecule has 0 atom stereocenters. The Morgan fingerprint density at radius 3 is 2.72 bits per heavy atom. The number of thiazole rings is 1. The number of carbonyl (C=O) groups excluding carboxylic acids is 2. The zero-order valence-electron chi connectivity index (χ0n) is 16.9. The van der Waals surface area contributed by atoms with Gasteiger partial charge in [0, 0.05) is 10.6 Å². The van der Waals surface area contributed by atoms with Crippen LogP contribution in [0.25, 0.3) is 10.2 Å². The molecule has 9 heteroatoms. The van der Waals surface area contributed by atoms with E-state index in [1.54, 1.807) is 31.4 Å². The Hall–Kier alpha value is -3.43. The van der Waals surface area contributed by atoms with Crippen molar-refractivity contribution in [2.75, 3.05) is 23.5 Å². The number of rotatable bonds is 7. The molecule has 2 N–H and O–H groups in total. The fourth-order valence-corrected chi connectivity index (χ4v) is 4.56. The molecule has 162 valence electrons. The van der Waals surface area contributed by atoms with Crippen LogP contribution in [0.2, 0.25) is 0 Å². The number of ether oxygens (including phenoxy) is 1. The first-order chi connectivity index (χ1) is 15.5. The highest BCUT2D eigenvalue weighted by atomic mass is 32.2. The summed E-state index contributed by atoms with van der Waals surface area (Å²) in [5.74, 6) is -0.404. The molecule has 0 aliphatic carbocycles. The van der Waals surface area contributed by atoms with Gasteiger partial charge in [-0.3, -0.25) is 9.59 Å². The van der Waals surface area contributed by atoms with E-state index in [1.807, 2.05) is 24.3 Å². The summed E-state index contributed by atoms with van der Waals surface area (Å²) in [6.45, 7) is 0. The lowest BCUT2D eigenvalue weighted by molar-refractivity contribution is -0.113. The standard InChI is InChI=1S/C23H18FN3O3S2/c1-30-15-9-10-19-20(12-15)32-23(26-19)27-21(28)13-31-16-6-4-5-14(11-16)25-22(29)17-7-2-3-8-18(17)24/h2-12H,13H2,1H3,(H,25,29)(H,26,27,28). The summed E-state index contributed by atoms with van der Waals surface area (Å²) in [6.07, 6.45) is 0. The second-order valence-electron chi connectivity index (χ2n) is 6.65. The van der Waals surface area contributed by atoms with Crippen LogP contribution in [0.3, 0.4) is 0 Å². The lowest BCUT2D eigenvalue weighted by Crippen LogP contribution is -2.14. The molecule has 4 aromatic rings. The Morgan fingerprint density at radius 2 is 1.91 bits per heavy atom. The quantitative estimate of drug-likeness (QED) is 0.355. The van der Waals surface area contributed by atoms with Crippen molar-refractivity contribution in [2.24, 2.45) is 0 Å². The Labute approximate surface area is 191 Å². The number of methoxy groups -OCH3 is 1. The maximum atomic E-state index is 13.8. The topological polar surface area (TPSA) is 80.3 Å². The normalized spacial score (nSPS) is 10.7. The van der Waals surface area contributed by atoms with Crippen molar-refractivity contribution >= 4 is 55.9 Å². The summed E-state index contributed by atoms with van der Waals surface area (Å²) in [4.78, 5) is 29.9. The molecule has 0 unspecified atom stereocenters. The summed E-state index contributed by atoms with van der Waals surface area (Å²) in [5.41, 5.74) is 1.28. The summed E-state index contributed by atoms with van der Waals surface area (Å²) in [7, 11) is 1.60. The van der Waals surface area contributed by atoms with E-state index < -0.39 is 11.7 Å². The molecule has 0 saturated carbocycles. The highest BCUT2D eigenvalue weighted by molar-refractivity contribution is 8.00. The van der Waals surface area contributed by atoms with Gasteiger partial charge >= 0.3 is 0 Å². The molecule has 0 aliphatic heterocycles. The van der Waals surface area contributed by atoms with Crippen LogP contribution < -0.4 is 15.4 Å². The molecule has 0 spiro atoms. The van der Waals surface area contributed by atoms with Crippen molar-refractivity contribution in [3.05, 3.63) is 78.1 Å². The van der Waals surface area contributed by atoms with E-state index in [0.29, 0.717) is 10.8 Å². The Kier molecular flexibility index (Phi) is 6.67. The number of fused-ring (bicyclic) bond motifs is 1. The number of hydrogen-bond donors (Lipinski definition) is 2. The zero-order chi connectivity index (χ0) is 22.5. The molecular formula is C23H18FN3O3S2. The van der Waals surface area contributed by atoms with Gasteiger partial charge in [-0.15, -0.1) is 11.8 Å². The van der Waals surface area contributed by atoms with Crippen LogP contribution in [-0.2, 0) is 4.79 Å². The van der Waals surface area contributed by atoms with Gasteiger partial charge in [-0.1, -0.05) is 29.5 Å². The maximum Gasteiger partial charge on any atom is 0.258 e. The third-order valence-electron chi connectivity index (χ3n) is 4.42. The number of nitrogens with zero attached hydrogens (tertiary/aromatic N) is 1. The van der Waals surface area contributed by atoms with Gasteiger partial charge in [-0.05, 0) is 48.5 Å². The predicted molar refractivity (Wildman–Crippen MR) is 126 cm³/mol. The first-order valence-corrected chi connectivity index (χ1v) is 11.4. The van der Waals surface area contributed by atoms with Crippen LogP contribution in [0.5, 0.6) is 5.75 Å². The fraction of sp³-hybridized carbons (Fsp3) is 0.0870. The molecule has 6 nitrogen and oxygen atoms in total. The summed E-state index contributed by atoms with van der Waals surface area (Å²) >= 11 is 2.70. The Morgan fingerprint density at radius 1 is 1.06 bits per heavy atom. The van der Waals surface area contributed by atoms with Crippen molar-refractivity contribution in [1.29, 1.82) is 0 Å². The number of benzene rings is 3. The Balaban J connectivity index is 1.35. The van der Waals surface area contributed by atoms with Crippen molar-refractivity contribution < 1.29 is 18.7 Å². The molecule has 32 heavy (non-hydrogen) atoms. The van der Waals surface area contributed by atoms with Crippen LogP contribution in [0.4, 0.5) is 15.2 Å². The van der Waals surface area contributed by atoms with Gasteiger partial charge < -0.3 is 15.4 Å². The molecule has 1 heterocycles. The number of aromatic nitrogens is 1. The molecule has 2 amide bonds. The second-order valence-corrected chi connectivity index (χ2v) is 8.73. The van der Waals surface area contributed by atoms with Gasteiger partial charge in [-0.25, -0.2) is 9.37 Å². The molecule has 0 aliphatic rings. The lowest BCUT2D eigenvalue weighted by Gasteiger charge is -2.08. The molecule has 0 saturated heterocycles. The predicted octanol–water partition coefficient (Wildman–Crippen LogP) is 5.43. The van der Waals surface area contributed by atoms with Crippen LogP contribution in [0, 0.1) is 5.82 Å². The number of anilines is 2. The van der Waals surface area contributed by atoms with Crippen LogP contribution in [0.15, 0.2) is 71.6 Å². The van der Waals surface area contributed by atoms with E-state index in [2.05, 4.69) is 15.6 Å². The molecule has 3 aromatic carbocycles. The number of nitrogens with one attached hydrogen (secondary N) is 2. The second kappa shape index (κ2) is 9.80. The van der Waals surface area contributed by atoms with E-state index in [0.717, 1.165) is 20.9 Å². The van der Waals surface area contributed by atoms with Crippen LogP contribution >= 0.6 is 23.1 Å². The van der Waals surface area contributed by atoms with Crippen LogP contribution in [0.1, 0.15) is 10.4 Å². The average Bonchev–Trinajstić information content (AvgIpc) is 3.19. The number of amides is 2. The first kappa shape index (κ1) is 21.8. The van der Waals surface area contributed by atoms with Gasteiger partial charge in [0.05, 0.1) is 28.6 Å². The number of carbonyl (C=O) groups is 2. The highest BCUT2D eigenvalue weighted by Gasteiger charge is 2.12. The van der Waals surface area contributed by atoms with Gasteiger partial charge in [0.15, 0.2) is 5.13 Å². The van der Waals surface area contributed by atoms with Gasteiger partial charge in [0.2, 0.25) is 5.91 Å². The maximum absolute atomic E-state index is 13.8. The van der Waals surface area contributed by atoms with Crippen molar-refractivity contribution in [1.82, 2.24) is 4.98 Å². The third kappa shape index (κ3) is 5.24. The number of hydrogen-bond acceptors (Lipinski definition) is 6. The monoisotopic (exact) mass is 467 g/mol. The lowest BCUT2D eigenvalue weighted by atomic mass is 10.2. The summed E-state index contributed by atoms with van der Waals surface area (Å²) in [5, 5.41) is 6.01. The largest absolute Gasteiger partial charge is 0.497 e. The van der Waals surface area contributed by atoms with Crippen LogP contribution in [-0.4, -0.2) is 29.7 Å². The third-order valence-corrected chi connectivity index (χ3v) is 6.35. The van der Waals surface area contributed by atoms with Gasteiger partial charge in [0.25, 0.3) is 5.91 Å². The Bertz CT molecular complexity index is 1290. The minimum atomic E-state index is -0.583. The molecule has 0 radical (unpaired) electrons. The SMILES string of the molecule is COc1ccc2nc(NC(=O)CSc3cccc(NC(=O)c4ccccc4F)c3)sc2c1. The minimum Gasteiger partial charge on any atom is -0.497 e. The smallest absolute Gasteiger partial charge is 0.258 e. The van der Waals surface area contributed by atoms with Crippen molar-refractivity contribution in [3.63, 3.8) is 0 Å². The highest BCUT2D eigenvalue weighted by Crippen LogP contribution is 2.29. The van der Waals surface area contributed by atoms with Gasteiger partial charge in [0.1, 0.15) is 11.6 Å². The minimum absolute atomic E-state index is 0.0293. The van der Waals surface area contributed by atoms with E-state index >= 15 is 0 Å². The first-order valence-electron chi connectivity index (χ1n) is 9.55. The fourth-order valence-electron chi connectivity index (χ4n) is 2.90.